The average molecular weight is 971 g/mol. The topological polar surface area (TPSA) is 178 Å². The van der Waals surface area contributed by atoms with Crippen LogP contribution in [0.5, 0.6) is 0 Å². The first kappa shape index (κ1) is 52.5. The molecule has 8 rings (SSSR count). The van der Waals surface area contributed by atoms with E-state index >= 15 is 0 Å². The van der Waals surface area contributed by atoms with E-state index < -0.39 is 11.9 Å². The van der Waals surface area contributed by atoms with Crippen molar-refractivity contribution in [2.75, 3.05) is 0 Å². The monoisotopic (exact) mass is 970 g/mol. The van der Waals surface area contributed by atoms with Crippen molar-refractivity contribution in [3.63, 3.8) is 0 Å². The van der Waals surface area contributed by atoms with Crippen molar-refractivity contribution >= 4 is 36.8 Å². The molecule has 0 spiro atoms. The second-order valence-electron chi connectivity index (χ2n) is 12.9. The van der Waals surface area contributed by atoms with Crippen molar-refractivity contribution in [3.05, 3.63) is 194 Å². The van der Waals surface area contributed by atoms with Gasteiger partial charge < -0.3 is 10.2 Å². The van der Waals surface area contributed by atoms with Gasteiger partial charge in [0, 0.05) is 81.9 Å². The minimum Gasteiger partial charge on any atom is -0.481 e. The number of carboxylic acid groups (broad SMARTS) is 2. The fourth-order valence-electron chi connectivity index (χ4n) is 5.51. The van der Waals surface area contributed by atoms with Crippen molar-refractivity contribution in [2.24, 2.45) is 0 Å². The van der Waals surface area contributed by atoms with Crippen molar-refractivity contribution in [3.8, 4) is 45.6 Å². The zero-order valence-electron chi connectivity index (χ0n) is 34.0. The van der Waals surface area contributed by atoms with Gasteiger partial charge in [-0.2, -0.15) is 0 Å². The number of carboxylic acids is 2. The molecule has 2 N–H and O–H groups in total. The first-order chi connectivity index (χ1) is 29.4. The molecule has 0 fully saturated rings. The number of hydrogen-bond acceptors (Lipinski definition) is 10. The van der Waals surface area contributed by atoms with Crippen LogP contribution in [-0.2, 0) is 41.9 Å². The molecule has 8 heterocycles. The SMILES string of the molecule is Cl.Cl.O=C(O)CCCc1ccnc(-c2ccccn2)c1.O=C(O)CCCc1ccnc(-c2ccccn2)c1.[Ru].c1ccc(-c2ccccn2)nc1.c1ccc(-c2ccccn2)nc1. The molecule has 63 heavy (non-hydrogen) atoms. The summed E-state index contributed by atoms with van der Waals surface area (Å²) < 4.78 is 0. The molecule has 324 valence electrons. The molecule has 0 aliphatic heterocycles. The predicted molar refractivity (Wildman–Crippen MR) is 246 cm³/mol. The van der Waals surface area contributed by atoms with Crippen LogP contribution in [0, 0.1) is 0 Å². The quantitative estimate of drug-likeness (QED) is 0.111. The van der Waals surface area contributed by atoms with E-state index in [9.17, 15) is 9.59 Å². The Morgan fingerprint density at radius 2 is 0.587 bits per heavy atom. The Bertz CT molecular complexity index is 2200. The van der Waals surface area contributed by atoms with Gasteiger partial charge in [0.1, 0.15) is 0 Å². The Labute approximate surface area is 392 Å². The van der Waals surface area contributed by atoms with E-state index in [1.165, 1.54) is 0 Å². The molecule has 15 heteroatoms. The molecule has 0 aromatic carbocycles. The fourth-order valence-corrected chi connectivity index (χ4v) is 5.51. The summed E-state index contributed by atoms with van der Waals surface area (Å²) in [4.78, 5) is 54.7. The first-order valence-corrected chi connectivity index (χ1v) is 19.3. The van der Waals surface area contributed by atoms with Gasteiger partial charge in [0.05, 0.1) is 45.6 Å². The van der Waals surface area contributed by atoms with Crippen molar-refractivity contribution in [1.29, 1.82) is 0 Å². The van der Waals surface area contributed by atoms with Crippen LogP contribution in [0.2, 0.25) is 0 Å². The third-order valence-corrected chi connectivity index (χ3v) is 8.40. The van der Waals surface area contributed by atoms with Crippen LogP contribution in [0.3, 0.4) is 0 Å². The largest absolute Gasteiger partial charge is 0.481 e. The minimum atomic E-state index is -0.756. The van der Waals surface area contributed by atoms with E-state index in [2.05, 4.69) is 39.9 Å². The van der Waals surface area contributed by atoms with E-state index in [1.54, 1.807) is 49.6 Å². The number of pyridine rings is 8. The van der Waals surface area contributed by atoms with Crippen LogP contribution in [-0.4, -0.2) is 62.0 Å². The second-order valence-corrected chi connectivity index (χ2v) is 12.9. The number of aliphatic carboxylic acids is 2. The van der Waals surface area contributed by atoms with Gasteiger partial charge in [0.2, 0.25) is 0 Å². The number of aromatic nitrogens is 8. The zero-order chi connectivity index (χ0) is 42.0. The molecular weight excluding hydrogens is 925 g/mol. The van der Waals surface area contributed by atoms with Gasteiger partial charge in [-0.1, -0.05) is 36.4 Å². The summed E-state index contributed by atoms with van der Waals surface area (Å²) in [7, 11) is 0. The van der Waals surface area contributed by atoms with Crippen LogP contribution in [0.1, 0.15) is 36.8 Å². The number of hydrogen-bond donors (Lipinski definition) is 2. The molecule has 0 unspecified atom stereocenters. The molecular formula is C48H46Cl2N8O4Ru. The normalized spacial score (nSPS) is 9.52. The molecule has 8 aromatic heterocycles. The maximum atomic E-state index is 10.5. The molecule has 0 saturated heterocycles. The fraction of sp³-hybridized carbons (Fsp3) is 0.125. The van der Waals surface area contributed by atoms with Crippen molar-refractivity contribution in [2.45, 2.75) is 38.5 Å². The average Bonchev–Trinajstić information content (AvgIpc) is 3.31. The summed E-state index contributed by atoms with van der Waals surface area (Å²) in [5.74, 6) is -1.51. The third-order valence-electron chi connectivity index (χ3n) is 8.40. The summed E-state index contributed by atoms with van der Waals surface area (Å²) in [5, 5.41) is 17.2. The Kier molecular flexibility index (Phi) is 25.3. The smallest absolute Gasteiger partial charge is 0.303 e. The second kappa shape index (κ2) is 30.4. The third kappa shape index (κ3) is 19.7. The summed E-state index contributed by atoms with van der Waals surface area (Å²) >= 11 is 0. The standard InChI is InChI=1S/2C14H14N2O2.2C10H8N2.2ClH.Ru/c2*17-14(18)6-3-4-11-7-9-16-13(10-11)12-5-1-2-8-15-12;2*1-3-7-11-9(5-1)10-6-2-4-8-12-10;;;/h2*1-2,5,7-10H,3-4,6H2,(H,17,18);2*1-8H;2*1H;. The number of halogens is 2. The first-order valence-electron chi connectivity index (χ1n) is 19.3. The molecule has 0 radical (unpaired) electrons. The molecule has 0 aliphatic carbocycles. The van der Waals surface area contributed by atoms with Crippen molar-refractivity contribution in [1.82, 2.24) is 39.9 Å². The zero-order valence-corrected chi connectivity index (χ0v) is 37.4. The maximum absolute atomic E-state index is 10.5. The maximum Gasteiger partial charge on any atom is 0.303 e. The molecule has 12 nitrogen and oxygen atoms in total. The van der Waals surface area contributed by atoms with E-state index in [-0.39, 0.29) is 57.1 Å². The van der Waals surface area contributed by atoms with Gasteiger partial charge in [-0.05, 0) is 134 Å². The molecule has 0 amide bonds. The van der Waals surface area contributed by atoms with Gasteiger partial charge in [0.25, 0.3) is 0 Å². The van der Waals surface area contributed by atoms with Crippen LogP contribution in [0.4, 0.5) is 0 Å². The number of rotatable bonds is 12. The molecule has 8 aromatic rings. The number of aryl methyl sites for hydroxylation is 2. The van der Waals surface area contributed by atoms with Crippen LogP contribution >= 0.6 is 24.8 Å². The Morgan fingerprint density at radius 3 is 0.810 bits per heavy atom. The van der Waals surface area contributed by atoms with E-state index in [4.69, 9.17) is 10.2 Å². The van der Waals surface area contributed by atoms with Gasteiger partial charge in [-0.15, -0.1) is 24.8 Å². The van der Waals surface area contributed by atoms with Crippen molar-refractivity contribution < 1.29 is 39.3 Å². The van der Waals surface area contributed by atoms with E-state index in [0.717, 1.165) is 69.5 Å². The Hall–Kier alpha value is -6.66. The summed E-state index contributed by atoms with van der Waals surface area (Å²) in [6.07, 6.45) is 17.2. The predicted octanol–water partition coefficient (Wildman–Crippen LogP) is 10.2. The number of nitrogens with zero attached hydrogens (tertiary/aromatic N) is 8. The minimum absolute atomic E-state index is 0. The molecule has 0 aliphatic rings. The van der Waals surface area contributed by atoms with Gasteiger partial charge in [0.15, 0.2) is 0 Å². The molecule has 0 bridgehead atoms. The van der Waals surface area contributed by atoms with Gasteiger partial charge in [-0.3, -0.25) is 49.5 Å². The molecule has 0 saturated carbocycles. The van der Waals surface area contributed by atoms with E-state index in [0.29, 0.717) is 12.8 Å². The summed E-state index contributed by atoms with van der Waals surface area (Å²) in [6, 6.07) is 42.3. The number of carbonyl (C=O) groups is 2. The van der Waals surface area contributed by atoms with Crippen LogP contribution < -0.4 is 0 Å². The Morgan fingerprint density at radius 1 is 0.349 bits per heavy atom. The van der Waals surface area contributed by atoms with Gasteiger partial charge >= 0.3 is 11.9 Å². The summed E-state index contributed by atoms with van der Waals surface area (Å²) in [6.45, 7) is 0. The summed E-state index contributed by atoms with van der Waals surface area (Å²) in [5.41, 5.74) is 9.15. The van der Waals surface area contributed by atoms with Crippen LogP contribution in [0.15, 0.2) is 183 Å². The Balaban J connectivity index is 0.000000289. The van der Waals surface area contributed by atoms with Crippen LogP contribution in [0.25, 0.3) is 45.6 Å². The van der Waals surface area contributed by atoms with E-state index in [1.807, 2.05) is 133 Å². The molecule has 0 atom stereocenters. The van der Waals surface area contributed by atoms with Gasteiger partial charge in [-0.25, -0.2) is 0 Å².